The van der Waals surface area contributed by atoms with Gasteiger partial charge in [-0.05, 0) is 30.5 Å². The molecule has 1 aromatic rings. The number of hydrogen-bond donors (Lipinski definition) is 1. The van der Waals surface area contributed by atoms with Crippen LogP contribution >= 0.6 is 15.9 Å². The lowest BCUT2D eigenvalue weighted by molar-refractivity contribution is 0.675. The Morgan fingerprint density at radius 2 is 1.72 bits per heavy atom. The summed E-state index contributed by atoms with van der Waals surface area (Å²) in [5.74, 6) is 0. The van der Waals surface area contributed by atoms with Gasteiger partial charge in [-0.25, -0.2) is 0 Å². The Balaban J connectivity index is 2.90. The molecule has 0 aliphatic heterocycles. The van der Waals surface area contributed by atoms with E-state index in [1.807, 2.05) is 0 Å². The highest BCUT2D eigenvalue weighted by Crippen LogP contribution is 2.25. The molecule has 0 aliphatic carbocycles. The van der Waals surface area contributed by atoms with Crippen molar-refractivity contribution in [2.75, 3.05) is 18.0 Å². The third-order valence-corrected chi connectivity index (χ3v) is 3.66. The third kappa shape index (κ3) is 4.62. The maximum atomic E-state index is 5.85. The van der Waals surface area contributed by atoms with Crippen molar-refractivity contribution in [3.63, 3.8) is 0 Å². The van der Waals surface area contributed by atoms with E-state index in [9.17, 15) is 0 Å². The van der Waals surface area contributed by atoms with Crippen molar-refractivity contribution in [2.24, 2.45) is 5.73 Å². The number of unbranched alkanes of at least 4 members (excludes halogenated alkanes) is 2. The fourth-order valence-electron chi connectivity index (χ4n) is 2.05. The lowest BCUT2D eigenvalue weighted by atomic mass is 10.1. The molecule has 0 unspecified atom stereocenters. The van der Waals surface area contributed by atoms with Crippen LogP contribution in [0, 0.1) is 0 Å². The summed E-state index contributed by atoms with van der Waals surface area (Å²) in [5, 5.41) is 0. The van der Waals surface area contributed by atoms with Gasteiger partial charge in [0, 0.05) is 29.8 Å². The Morgan fingerprint density at radius 1 is 1.11 bits per heavy atom. The number of anilines is 1. The first-order chi connectivity index (χ1) is 8.72. The minimum atomic E-state index is 0.608. The summed E-state index contributed by atoms with van der Waals surface area (Å²) in [6.45, 7) is 7.34. The van der Waals surface area contributed by atoms with Crippen LogP contribution in [0.3, 0.4) is 0 Å². The molecule has 0 bridgehead atoms. The van der Waals surface area contributed by atoms with Crippen LogP contribution in [0.5, 0.6) is 0 Å². The van der Waals surface area contributed by atoms with Gasteiger partial charge in [-0.2, -0.15) is 0 Å². The van der Waals surface area contributed by atoms with Crippen LogP contribution in [0.4, 0.5) is 5.69 Å². The SMILES string of the molecule is CCCCN(CCCC)c1cc(Br)ccc1CN. The van der Waals surface area contributed by atoms with E-state index in [0.717, 1.165) is 17.6 Å². The lowest BCUT2D eigenvalue weighted by Crippen LogP contribution is -2.27. The molecule has 0 aromatic heterocycles. The predicted molar refractivity (Wildman–Crippen MR) is 84.1 cm³/mol. The second-order valence-electron chi connectivity index (χ2n) is 4.67. The number of nitrogens with two attached hydrogens (primary N) is 1. The third-order valence-electron chi connectivity index (χ3n) is 3.17. The molecule has 18 heavy (non-hydrogen) atoms. The smallest absolute Gasteiger partial charge is 0.0423 e. The van der Waals surface area contributed by atoms with E-state index < -0.39 is 0 Å². The van der Waals surface area contributed by atoms with E-state index >= 15 is 0 Å². The Morgan fingerprint density at radius 3 is 2.22 bits per heavy atom. The van der Waals surface area contributed by atoms with Gasteiger partial charge in [0.2, 0.25) is 0 Å². The van der Waals surface area contributed by atoms with E-state index in [0.29, 0.717) is 6.54 Å². The first-order valence-electron chi connectivity index (χ1n) is 6.96. The van der Waals surface area contributed by atoms with E-state index in [-0.39, 0.29) is 0 Å². The summed E-state index contributed by atoms with van der Waals surface area (Å²) < 4.78 is 1.13. The fraction of sp³-hybridized carbons (Fsp3) is 0.600. The number of hydrogen-bond acceptors (Lipinski definition) is 2. The van der Waals surface area contributed by atoms with Crippen molar-refractivity contribution in [3.05, 3.63) is 28.2 Å². The molecule has 0 atom stereocenters. The quantitative estimate of drug-likeness (QED) is 0.774. The molecule has 0 amide bonds. The van der Waals surface area contributed by atoms with Crippen LogP contribution in [0.2, 0.25) is 0 Å². The van der Waals surface area contributed by atoms with Crippen molar-refractivity contribution in [1.82, 2.24) is 0 Å². The molecular formula is C15H25BrN2. The molecule has 0 saturated carbocycles. The first-order valence-corrected chi connectivity index (χ1v) is 7.75. The highest BCUT2D eigenvalue weighted by Gasteiger charge is 2.10. The standard InChI is InChI=1S/C15H25BrN2/c1-3-5-9-18(10-6-4-2)15-11-14(16)8-7-13(15)12-17/h7-8,11H,3-6,9-10,12,17H2,1-2H3. The fourth-order valence-corrected chi connectivity index (χ4v) is 2.40. The molecule has 0 spiro atoms. The summed E-state index contributed by atoms with van der Waals surface area (Å²) >= 11 is 3.56. The minimum absolute atomic E-state index is 0.608. The van der Waals surface area contributed by atoms with Gasteiger partial charge in [0.15, 0.2) is 0 Å². The average Bonchev–Trinajstić information content (AvgIpc) is 2.39. The van der Waals surface area contributed by atoms with Crippen molar-refractivity contribution in [3.8, 4) is 0 Å². The van der Waals surface area contributed by atoms with Crippen LogP contribution in [-0.4, -0.2) is 13.1 Å². The highest BCUT2D eigenvalue weighted by atomic mass is 79.9. The molecule has 0 fully saturated rings. The van der Waals surface area contributed by atoms with E-state index in [1.165, 1.54) is 36.9 Å². The van der Waals surface area contributed by atoms with Crippen molar-refractivity contribution in [2.45, 2.75) is 46.1 Å². The first kappa shape index (κ1) is 15.5. The van der Waals surface area contributed by atoms with Crippen LogP contribution < -0.4 is 10.6 Å². The largest absolute Gasteiger partial charge is 0.371 e. The summed E-state index contributed by atoms with van der Waals surface area (Å²) in [4.78, 5) is 2.49. The molecule has 0 heterocycles. The zero-order chi connectivity index (χ0) is 13.4. The van der Waals surface area contributed by atoms with E-state index in [1.54, 1.807) is 0 Å². The molecule has 0 radical (unpaired) electrons. The van der Waals surface area contributed by atoms with Crippen molar-refractivity contribution in [1.29, 1.82) is 0 Å². The number of nitrogens with zero attached hydrogens (tertiary/aromatic N) is 1. The minimum Gasteiger partial charge on any atom is -0.371 e. The molecule has 0 aliphatic rings. The highest BCUT2D eigenvalue weighted by molar-refractivity contribution is 9.10. The van der Waals surface area contributed by atoms with Gasteiger partial charge in [0.05, 0.1) is 0 Å². The average molecular weight is 313 g/mol. The Bertz CT molecular complexity index is 344. The maximum absolute atomic E-state index is 5.85. The van der Waals surface area contributed by atoms with E-state index in [4.69, 9.17) is 5.73 Å². The zero-order valence-corrected chi connectivity index (χ0v) is 13.2. The summed E-state index contributed by atoms with van der Waals surface area (Å²) in [6.07, 6.45) is 4.93. The van der Waals surface area contributed by atoms with Crippen molar-refractivity contribution >= 4 is 21.6 Å². The second kappa shape index (κ2) is 8.54. The summed E-state index contributed by atoms with van der Waals surface area (Å²) in [6, 6.07) is 6.40. The van der Waals surface area contributed by atoms with Gasteiger partial charge < -0.3 is 10.6 Å². The van der Waals surface area contributed by atoms with Gasteiger partial charge in [0.1, 0.15) is 0 Å². The zero-order valence-electron chi connectivity index (χ0n) is 11.6. The summed E-state index contributed by atoms with van der Waals surface area (Å²) in [5.41, 5.74) is 8.39. The summed E-state index contributed by atoms with van der Waals surface area (Å²) in [7, 11) is 0. The molecule has 2 N–H and O–H groups in total. The molecule has 1 rings (SSSR count). The molecule has 2 nitrogen and oxygen atoms in total. The van der Waals surface area contributed by atoms with Crippen molar-refractivity contribution < 1.29 is 0 Å². The number of rotatable bonds is 8. The van der Waals surface area contributed by atoms with Gasteiger partial charge in [0.25, 0.3) is 0 Å². The predicted octanol–water partition coefficient (Wildman–Crippen LogP) is 4.31. The number of halogens is 1. The van der Waals surface area contributed by atoms with E-state index in [2.05, 4.69) is 52.9 Å². The number of benzene rings is 1. The second-order valence-corrected chi connectivity index (χ2v) is 5.59. The monoisotopic (exact) mass is 312 g/mol. The molecular weight excluding hydrogens is 288 g/mol. The topological polar surface area (TPSA) is 29.3 Å². The Kier molecular flexibility index (Phi) is 7.36. The van der Waals surface area contributed by atoms with Gasteiger partial charge in [-0.15, -0.1) is 0 Å². The molecule has 3 heteroatoms. The lowest BCUT2D eigenvalue weighted by Gasteiger charge is -2.27. The van der Waals surface area contributed by atoms with Crippen LogP contribution in [0.25, 0.3) is 0 Å². The molecule has 0 saturated heterocycles. The molecule has 1 aromatic carbocycles. The van der Waals surface area contributed by atoms with Crippen LogP contribution in [0.1, 0.15) is 45.1 Å². The Labute approximate surface area is 120 Å². The molecule has 102 valence electrons. The maximum Gasteiger partial charge on any atom is 0.0423 e. The van der Waals surface area contributed by atoms with Gasteiger partial charge >= 0.3 is 0 Å². The normalized spacial score (nSPS) is 10.7. The van der Waals surface area contributed by atoms with Crippen LogP contribution in [-0.2, 0) is 6.54 Å². The van der Waals surface area contributed by atoms with Gasteiger partial charge in [-0.1, -0.05) is 48.7 Å². The van der Waals surface area contributed by atoms with Crippen LogP contribution in [0.15, 0.2) is 22.7 Å². The Hall–Kier alpha value is -0.540. The van der Waals surface area contributed by atoms with Gasteiger partial charge in [-0.3, -0.25) is 0 Å².